The molecule has 27 heavy (non-hydrogen) atoms. The summed E-state index contributed by atoms with van der Waals surface area (Å²) in [5, 5.41) is 7.64. The van der Waals surface area contributed by atoms with Gasteiger partial charge in [-0.25, -0.2) is 0 Å². The van der Waals surface area contributed by atoms with Crippen LogP contribution in [0.5, 0.6) is 0 Å². The van der Waals surface area contributed by atoms with Crippen molar-refractivity contribution in [2.24, 2.45) is 0 Å². The lowest BCUT2D eigenvalue weighted by Gasteiger charge is -2.18. The molecule has 0 aliphatic heterocycles. The average molecular weight is 397 g/mol. The summed E-state index contributed by atoms with van der Waals surface area (Å²) in [7, 11) is 0. The lowest BCUT2D eigenvalue weighted by molar-refractivity contribution is -0.118. The molecule has 6 heteroatoms. The van der Waals surface area contributed by atoms with E-state index in [1.165, 1.54) is 11.3 Å². The molecule has 3 aromatic rings. The molecule has 3 rings (SSSR count). The number of amides is 2. The number of carbonyl (C=O) groups excluding carboxylic acids is 2. The zero-order valence-electron chi connectivity index (χ0n) is 14.8. The second-order valence-electron chi connectivity index (χ2n) is 5.91. The van der Waals surface area contributed by atoms with E-state index < -0.39 is 6.04 Å². The van der Waals surface area contributed by atoms with E-state index in [0.717, 1.165) is 16.1 Å². The van der Waals surface area contributed by atoms with Crippen molar-refractivity contribution < 1.29 is 9.59 Å². The summed E-state index contributed by atoms with van der Waals surface area (Å²) in [6.07, 6.45) is 2.41. The summed E-state index contributed by atoms with van der Waals surface area (Å²) >= 11 is 2.96. The first kappa shape index (κ1) is 19.2. The van der Waals surface area contributed by atoms with Crippen molar-refractivity contribution in [2.75, 3.05) is 11.6 Å². The van der Waals surface area contributed by atoms with Crippen LogP contribution < -0.4 is 10.6 Å². The van der Waals surface area contributed by atoms with Crippen LogP contribution in [-0.4, -0.2) is 24.1 Å². The van der Waals surface area contributed by atoms with Crippen molar-refractivity contribution in [1.82, 2.24) is 5.32 Å². The summed E-state index contributed by atoms with van der Waals surface area (Å²) in [4.78, 5) is 27.0. The average Bonchev–Trinajstić information content (AvgIpc) is 3.23. The van der Waals surface area contributed by atoms with Crippen LogP contribution in [0, 0.1) is 0 Å². The normalized spacial score (nSPS) is 11.6. The number of hydrogen-bond acceptors (Lipinski definition) is 4. The number of carbonyl (C=O) groups is 2. The number of rotatable bonds is 7. The Bertz CT molecular complexity index is 896. The monoisotopic (exact) mass is 396 g/mol. The summed E-state index contributed by atoms with van der Waals surface area (Å²) in [5.41, 5.74) is 1.71. The molecule has 4 nitrogen and oxygen atoms in total. The molecule has 0 fully saturated rings. The Morgan fingerprint density at radius 3 is 2.56 bits per heavy atom. The van der Waals surface area contributed by atoms with Crippen molar-refractivity contribution in [2.45, 2.75) is 17.4 Å². The second-order valence-corrected chi connectivity index (χ2v) is 7.74. The summed E-state index contributed by atoms with van der Waals surface area (Å²) < 4.78 is 0. The Kier molecular flexibility index (Phi) is 6.68. The van der Waals surface area contributed by atoms with E-state index in [1.807, 2.05) is 72.3 Å². The molecule has 0 aliphatic carbocycles. The van der Waals surface area contributed by atoms with E-state index in [-0.39, 0.29) is 11.8 Å². The van der Waals surface area contributed by atoms with Crippen LogP contribution in [0.3, 0.4) is 0 Å². The molecule has 2 aromatic carbocycles. The molecular formula is C21H20N2O2S2. The molecule has 1 aromatic heterocycles. The Morgan fingerprint density at radius 1 is 1.04 bits per heavy atom. The maximum absolute atomic E-state index is 12.9. The molecule has 138 valence electrons. The first-order chi connectivity index (χ1) is 13.2. The van der Waals surface area contributed by atoms with E-state index in [0.29, 0.717) is 11.3 Å². The maximum atomic E-state index is 12.9. The lowest BCUT2D eigenvalue weighted by Crippen LogP contribution is -2.45. The van der Waals surface area contributed by atoms with Crippen LogP contribution in [0.15, 0.2) is 77.0 Å². The third-order valence-corrected chi connectivity index (χ3v) is 5.58. The predicted octanol–water partition coefficient (Wildman–Crippen LogP) is 4.45. The SMILES string of the molecule is CSc1cccc(NC(=O)[C@H](Cc2ccccc2)NC(=O)c2cccs2)c1. The Hall–Kier alpha value is -2.57. The van der Waals surface area contributed by atoms with Gasteiger partial charge in [-0.15, -0.1) is 23.1 Å². The summed E-state index contributed by atoms with van der Waals surface area (Å²) in [6.45, 7) is 0. The zero-order valence-corrected chi connectivity index (χ0v) is 16.5. The number of nitrogens with one attached hydrogen (secondary N) is 2. The van der Waals surface area contributed by atoms with Gasteiger partial charge in [0.2, 0.25) is 5.91 Å². The summed E-state index contributed by atoms with van der Waals surface area (Å²) in [5.74, 6) is -0.471. The van der Waals surface area contributed by atoms with Crippen molar-refractivity contribution in [3.8, 4) is 0 Å². The van der Waals surface area contributed by atoms with Crippen LogP contribution in [0.4, 0.5) is 5.69 Å². The highest BCUT2D eigenvalue weighted by Gasteiger charge is 2.22. The Balaban J connectivity index is 1.77. The van der Waals surface area contributed by atoms with Gasteiger partial charge in [0, 0.05) is 17.0 Å². The minimum Gasteiger partial charge on any atom is -0.339 e. The number of hydrogen-bond donors (Lipinski definition) is 2. The highest BCUT2D eigenvalue weighted by molar-refractivity contribution is 7.98. The van der Waals surface area contributed by atoms with E-state index >= 15 is 0 Å². The number of thioether (sulfide) groups is 1. The first-order valence-corrected chi connectivity index (χ1v) is 10.6. The predicted molar refractivity (Wildman–Crippen MR) is 113 cm³/mol. The van der Waals surface area contributed by atoms with Crippen LogP contribution in [0.25, 0.3) is 0 Å². The summed E-state index contributed by atoms with van der Waals surface area (Å²) in [6, 6.07) is 20.2. The fourth-order valence-corrected chi connectivity index (χ4v) is 3.71. The molecule has 1 atom stereocenters. The van der Waals surface area contributed by atoms with Gasteiger partial charge in [0.15, 0.2) is 0 Å². The molecule has 0 saturated heterocycles. The van der Waals surface area contributed by atoms with Crippen molar-refractivity contribution in [1.29, 1.82) is 0 Å². The van der Waals surface area contributed by atoms with Gasteiger partial charge in [-0.3, -0.25) is 9.59 Å². The third kappa shape index (κ3) is 5.45. The quantitative estimate of drug-likeness (QED) is 0.580. The number of thiophene rings is 1. The number of anilines is 1. The molecule has 0 aliphatic rings. The first-order valence-electron chi connectivity index (χ1n) is 8.49. The topological polar surface area (TPSA) is 58.2 Å². The van der Waals surface area contributed by atoms with Crippen LogP contribution >= 0.6 is 23.1 Å². The molecule has 2 amide bonds. The Labute approximate surface area is 167 Å². The highest BCUT2D eigenvalue weighted by Crippen LogP contribution is 2.19. The van der Waals surface area contributed by atoms with Gasteiger partial charge in [0.25, 0.3) is 5.91 Å². The van der Waals surface area contributed by atoms with E-state index in [4.69, 9.17) is 0 Å². The standard InChI is InChI=1S/C21H20N2O2S2/c1-26-17-10-5-9-16(14-17)22-20(24)18(13-15-7-3-2-4-8-15)23-21(25)19-11-6-12-27-19/h2-12,14,18H,13H2,1H3,(H,22,24)(H,23,25)/t18-/m0/s1. The molecule has 0 saturated carbocycles. The van der Waals surface area contributed by atoms with Crippen LogP contribution in [0.2, 0.25) is 0 Å². The third-order valence-electron chi connectivity index (χ3n) is 3.99. The largest absolute Gasteiger partial charge is 0.339 e. The molecule has 2 N–H and O–H groups in total. The smallest absolute Gasteiger partial charge is 0.262 e. The second kappa shape index (κ2) is 9.39. The van der Waals surface area contributed by atoms with Gasteiger partial charge in [-0.2, -0.15) is 0 Å². The lowest BCUT2D eigenvalue weighted by atomic mass is 10.0. The molecule has 0 spiro atoms. The van der Waals surface area contributed by atoms with Gasteiger partial charge in [-0.1, -0.05) is 42.5 Å². The van der Waals surface area contributed by atoms with E-state index in [1.54, 1.807) is 17.8 Å². The molecular weight excluding hydrogens is 376 g/mol. The highest BCUT2D eigenvalue weighted by atomic mass is 32.2. The van der Waals surface area contributed by atoms with Crippen molar-refractivity contribution in [3.05, 3.63) is 82.6 Å². The van der Waals surface area contributed by atoms with Crippen LogP contribution in [-0.2, 0) is 11.2 Å². The molecule has 1 heterocycles. The van der Waals surface area contributed by atoms with Crippen molar-refractivity contribution >= 4 is 40.6 Å². The minimum atomic E-state index is -0.667. The van der Waals surface area contributed by atoms with Gasteiger partial charge in [-0.05, 0) is 41.5 Å². The van der Waals surface area contributed by atoms with Crippen molar-refractivity contribution in [3.63, 3.8) is 0 Å². The van der Waals surface area contributed by atoms with E-state index in [9.17, 15) is 9.59 Å². The maximum Gasteiger partial charge on any atom is 0.262 e. The number of benzene rings is 2. The van der Waals surface area contributed by atoms with E-state index in [2.05, 4.69) is 10.6 Å². The molecule has 0 radical (unpaired) electrons. The Morgan fingerprint density at radius 2 is 1.85 bits per heavy atom. The van der Waals surface area contributed by atoms with Gasteiger partial charge in [0.1, 0.15) is 6.04 Å². The fourth-order valence-electron chi connectivity index (χ4n) is 2.63. The zero-order chi connectivity index (χ0) is 19.1. The minimum absolute atomic E-state index is 0.234. The van der Waals surface area contributed by atoms with Gasteiger partial charge >= 0.3 is 0 Å². The molecule has 0 bridgehead atoms. The van der Waals surface area contributed by atoms with Gasteiger partial charge in [0.05, 0.1) is 4.88 Å². The molecule has 0 unspecified atom stereocenters. The fraction of sp³-hybridized carbons (Fsp3) is 0.143. The van der Waals surface area contributed by atoms with Gasteiger partial charge < -0.3 is 10.6 Å². The van der Waals surface area contributed by atoms with Crippen LogP contribution in [0.1, 0.15) is 15.2 Å².